The van der Waals surface area contributed by atoms with Crippen LogP contribution in [0.2, 0.25) is 0 Å². The fourth-order valence-electron chi connectivity index (χ4n) is 1.85. The molecular weight excluding hydrogens is 200 g/mol. The van der Waals surface area contributed by atoms with Crippen LogP contribution in [0.5, 0.6) is 5.75 Å². The standard InChI is InChI=1S/C13H16N2O/c1-8(2)16-11-6-4-5-10-7-9(3)15-13(14)12(10)11/h4-6,8H,3,7H2,1-2H3,(H2,14,15). The van der Waals surface area contributed by atoms with E-state index >= 15 is 0 Å². The first-order valence-corrected chi connectivity index (χ1v) is 5.39. The highest BCUT2D eigenvalue weighted by molar-refractivity contribution is 6.03. The quantitative estimate of drug-likeness (QED) is 0.824. The smallest absolute Gasteiger partial charge is 0.134 e. The molecule has 0 fully saturated rings. The molecule has 0 aromatic heterocycles. The molecule has 3 nitrogen and oxygen atoms in total. The van der Waals surface area contributed by atoms with Crippen molar-refractivity contribution in [2.24, 2.45) is 10.7 Å². The zero-order valence-corrected chi connectivity index (χ0v) is 9.66. The molecule has 2 N–H and O–H groups in total. The first-order valence-electron chi connectivity index (χ1n) is 5.39. The Balaban J connectivity index is 2.49. The third kappa shape index (κ3) is 1.94. The third-order valence-electron chi connectivity index (χ3n) is 2.40. The zero-order chi connectivity index (χ0) is 11.7. The largest absolute Gasteiger partial charge is 0.490 e. The highest BCUT2D eigenvalue weighted by Crippen LogP contribution is 2.28. The second-order valence-electron chi connectivity index (χ2n) is 4.20. The average Bonchev–Trinajstić information content (AvgIpc) is 2.15. The van der Waals surface area contributed by atoms with Crippen LogP contribution in [0.3, 0.4) is 0 Å². The normalized spacial score (nSPS) is 14.7. The van der Waals surface area contributed by atoms with Gasteiger partial charge in [0.1, 0.15) is 11.6 Å². The number of nitrogens with zero attached hydrogens (tertiary/aromatic N) is 1. The Morgan fingerprint density at radius 1 is 1.44 bits per heavy atom. The number of allylic oxidation sites excluding steroid dienone is 1. The number of aliphatic imine (C=N–C) groups is 1. The van der Waals surface area contributed by atoms with Crippen molar-refractivity contribution in [1.82, 2.24) is 0 Å². The van der Waals surface area contributed by atoms with Crippen LogP contribution < -0.4 is 10.5 Å². The summed E-state index contributed by atoms with van der Waals surface area (Å²) in [5.41, 5.74) is 8.78. The molecule has 0 radical (unpaired) electrons. The van der Waals surface area contributed by atoms with Gasteiger partial charge in [-0.2, -0.15) is 0 Å². The second-order valence-corrected chi connectivity index (χ2v) is 4.20. The monoisotopic (exact) mass is 216 g/mol. The number of hydrogen-bond acceptors (Lipinski definition) is 3. The van der Waals surface area contributed by atoms with E-state index in [4.69, 9.17) is 10.5 Å². The Bertz CT molecular complexity index is 461. The highest BCUT2D eigenvalue weighted by atomic mass is 16.5. The maximum absolute atomic E-state index is 5.92. The molecule has 0 spiro atoms. The molecule has 0 saturated heterocycles. The van der Waals surface area contributed by atoms with E-state index in [0.717, 1.165) is 29.0 Å². The summed E-state index contributed by atoms with van der Waals surface area (Å²) in [4.78, 5) is 4.21. The maximum Gasteiger partial charge on any atom is 0.134 e. The molecule has 0 bridgehead atoms. The summed E-state index contributed by atoms with van der Waals surface area (Å²) in [7, 11) is 0. The van der Waals surface area contributed by atoms with Gasteiger partial charge in [0, 0.05) is 12.1 Å². The van der Waals surface area contributed by atoms with E-state index in [1.807, 2.05) is 32.0 Å². The van der Waals surface area contributed by atoms with E-state index in [0.29, 0.717) is 5.84 Å². The Morgan fingerprint density at radius 3 is 2.88 bits per heavy atom. The molecule has 2 rings (SSSR count). The van der Waals surface area contributed by atoms with E-state index in [2.05, 4.69) is 11.6 Å². The van der Waals surface area contributed by atoms with Gasteiger partial charge < -0.3 is 10.5 Å². The van der Waals surface area contributed by atoms with Crippen molar-refractivity contribution in [2.45, 2.75) is 26.4 Å². The van der Waals surface area contributed by atoms with E-state index in [1.54, 1.807) is 0 Å². The van der Waals surface area contributed by atoms with Gasteiger partial charge in [-0.3, -0.25) is 0 Å². The summed E-state index contributed by atoms with van der Waals surface area (Å²) in [6, 6.07) is 5.94. The van der Waals surface area contributed by atoms with Crippen LogP contribution in [0.15, 0.2) is 35.5 Å². The van der Waals surface area contributed by atoms with Crippen molar-refractivity contribution in [3.05, 3.63) is 41.6 Å². The van der Waals surface area contributed by atoms with E-state index in [9.17, 15) is 0 Å². The minimum absolute atomic E-state index is 0.129. The van der Waals surface area contributed by atoms with Crippen LogP contribution in [-0.2, 0) is 6.42 Å². The minimum atomic E-state index is 0.129. The van der Waals surface area contributed by atoms with Gasteiger partial charge in [0.15, 0.2) is 0 Å². The van der Waals surface area contributed by atoms with E-state index in [1.165, 1.54) is 0 Å². The molecule has 1 aromatic carbocycles. The van der Waals surface area contributed by atoms with Gasteiger partial charge >= 0.3 is 0 Å². The summed E-state index contributed by atoms with van der Waals surface area (Å²) in [5, 5.41) is 0. The Labute approximate surface area is 95.6 Å². The average molecular weight is 216 g/mol. The number of benzene rings is 1. The van der Waals surface area contributed by atoms with Gasteiger partial charge in [-0.1, -0.05) is 18.7 Å². The summed E-state index contributed by atoms with van der Waals surface area (Å²) in [6.07, 6.45) is 0.870. The fourth-order valence-corrected chi connectivity index (χ4v) is 1.85. The van der Waals surface area contributed by atoms with Crippen molar-refractivity contribution in [2.75, 3.05) is 0 Å². The van der Waals surface area contributed by atoms with Crippen molar-refractivity contribution >= 4 is 5.84 Å². The lowest BCUT2D eigenvalue weighted by Crippen LogP contribution is -2.22. The zero-order valence-electron chi connectivity index (χ0n) is 9.66. The van der Waals surface area contributed by atoms with Crippen molar-refractivity contribution in [1.29, 1.82) is 0 Å². The van der Waals surface area contributed by atoms with Crippen LogP contribution >= 0.6 is 0 Å². The van der Waals surface area contributed by atoms with Gasteiger partial charge in [0.05, 0.1) is 11.7 Å². The topological polar surface area (TPSA) is 47.6 Å². The summed E-state index contributed by atoms with van der Waals surface area (Å²) in [5.74, 6) is 1.31. The van der Waals surface area contributed by atoms with E-state index < -0.39 is 0 Å². The number of nitrogens with two attached hydrogens (primary N) is 1. The fraction of sp³-hybridized carbons (Fsp3) is 0.308. The Kier molecular flexibility index (Phi) is 2.69. The molecule has 84 valence electrons. The predicted molar refractivity (Wildman–Crippen MR) is 65.8 cm³/mol. The summed E-state index contributed by atoms with van der Waals surface area (Å²) < 4.78 is 5.73. The molecule has 16 heavy (non-hydrogen) atoms. The van der Waals surface area contributed by atoms with Crippen LogP contribution in [0.4, 0.5) is 0 Å². The van der Waals surface area contributed by atoms with Gasteiger partial charge in [-0.25, -0.2) is 4.99 Å². The van der Waals surface area contributed by atoms with Crippen LogP contribution in [0.25, 0.3) is 0 Å². The molecule has 1 aromatic rings. The predicted octanol–water partition coefficient (Wildman–Crippen LogP) is 2.25. The lowest BCUT2D eigenvalue weighted by atomic mass is 9.98. The minimum Gasteiger partial charge on any atom is -0.490 e. The number of fused-ring (bicyclic) bond motifs is 1. The molecular formula is C13H16N2O. The SMILES string of the molecule is C=C1Cc2cccc(OC(C)C)c2C(N)=N1. The first-order chi connectivity index (χ1) is 7.58. The van der Waals surface area contributed by atoms with Gasteiger partial charge in [0.25, 0.3) is 0 Å². The molecule has 0 amide bonds. The van der Waals surface area contributed by atoms with Gasteiger partial charge in [-0.15, -0.1) is 0 Å². The number of hydrogen-bond donors (Lipinski definition) is 1. The van der Waals surface area contributed by atoms with Crippen molar-refractivity contribution < 1.29 is 4.74 Å². The maximum atomic E-state index is 5.92. The summed E-state index contributed by atoms with van der Waals surface area (Å²) in [6.45, 7) is 7.83. The second kappa shape index (κ2) is 4.00. The summed E-state index contributed by atoms with van der Waals surface area (Å²) >= 11 is 0. The number of ether oxygens (including phenoxy) is 1. The van der Waals surface area contributed by atoms with Crippen LogP contribution in [-0.4, -0.2) is 11.9 Å². The van der Waals surface area contributed by atoms with Crippen molar-refractivity contribution in [3.63, 3.8) is 0 Å². The van der Waals surface area contributed by atoms with Gasteiger partial charge in [-0.05, 0) is 25.5 Å². The highest BCUT2D eigenvalue weighted by Gasteiger charge is 2.18. The molecule has 1 aliphatic rings. The first kappa shape index (κ1) is 10.7. The lowest BCUT2D eigenvalue weighted by molar-refractivity contribution is 0.241. The van der Waals surface area contributed by atoms with Gasteiger partial charge in [0.2, 0.25) is 0 Å². The number of amidine groups is 1. The van der Waals surface area contributed by atoms with Crippen LogP contribution in [0, 0.1) is 0 Å². The third-order valence-corrected chi connectivity index (χ3v) is 2.40. The Hall–Kier alpha value is -1.77. The van der Waals surface area contributed by atoms with E-state index in [-0.39, 0.29) is 6.10 Å². The molecule has 0 atom stereocenters. The Morgan fingerprint density at radius 2 is 2.19 bits per heavy atom. The molecule has 0 saturated carbocycles. The molecule has 1 heterocycles. The molecule has 0 aliphatic carbocycles. The molecule has 3 heteroatoms. The number of rotatable bonds is 2. The molecule has 0 unspecified atom stereocenters. The van der Waals surface area contributed by atoms with Crippen molar-refractivity contribution in [3.8, 4) is 5.75 Å². The lowest BCUT2D eigenvalue weighted by Gasteiger charge is -2.20. The van der Waals surface area contributed by atoms with Crippen LogP contribution in [0.1, 0.15) is 25.0 Å². The molecule has 1 aliphatic heterocycles.